The second kappa shape index (κ2) is 10.1. The van der Waals surface area contributed by atoms with E-state index in [9.17, 15) is 14.3 Å². The highest BCUT2D eigenvalue weighted by Gasteiger charge is 2.63. The van der Waals surface area contributed by atoms with Gasteiger partial charge in [0.2, 0.25) is 0 Å². The Labute approximate surface area is 231 Å². The Hall–Kier alpha value is -3.52. The van der Waals surface area contributed by atoms with E-state index >= 15 is 8.78 Å². The quantitative estimate of drug-likeness (QED) is 0.315. The molecule has 3 aromatic rings. The summed E-state index contributed by atoms with van der Waals surface area (Å²) in [7, 11) is 3.10. The molecule has 3 atom stereocenters. The summed E-state index contributed by atoms with van der Waals surface area (Å²) < 4.78 is 62.7. The minimum Gasteiger partial charge on any atom is -0.497 e. The second-order valence-electron chi connectivity index (χ2n) is 11.8. The van der Waals surface area contributed by atoms with Crippen molar-refractivity contribution in [3.63, 3.8) is 0 Å². The van der Waals surface area contributed by atoms with Gasteiger partial charge in [-0.25, -0.2) is 13.2 Å². The van der Waals surface area contributed by atoms with Crippen molar-refractivity contribution in [1.29, 1.82) is 0 Å². The zero-order valence-electron chi connectivity index (χ0n) is 23.2. The SMILES string of the molecule is COc1ccc(F)c(-c2ccc(COc3cc(F)c4c(c3F)[C@]3(CC4)C[C@H]3C(=O)O)cc2[C@@H](OC)C(C)(C)C)c1. The molecule has 0 saturated heterocycles. The van der Waals surface area contributed by atoms with Gasteiger partial charge < -0.3 is 19.3 Å². The Bertz CT molecular complexity index is 1480. The van der Waals surface area contributed by atoms with Gasteiger partial charge in [0.1, 0.15) is 24.0 Å². The number of benzene rings is 3. The van der Waals surface area contributed by atoms with E-state index in [1.807, 2.05) is 26.8 Å². The Balaban J connectivity index is 1.51. The Kier molecular flexibility index (Phi) is 7.11. The van der Waals surface area contributed by atoms with Gasteiger partial charge in [0.15, 0.2) is 11.6 Å². The molecule has 3 aromatic carbocycles. The largest absolute Gasteiger partial charge is 0.497 e. The molecule has 2 aliphatic carbocycles. The van der Waals surface area contributed by atoms with Gasteiger partial charge in [-0.15, -0.1) is 0 Å². The molecule has 0 unspecified atom stereocenters. The molecule has 212 valence electrons. The smallest absolute Gasteiger partial charge is 0.307 e. The van der Waals surface area contributed by atoms with Crippen molar-refractivity contribution >= 4 is 5.97 Å². The third-order valence-corrected chi connectivity index (χ3v) is 8.25. The zero-order valence-corrected chi connectivity index (χ0v) is 23.2. The third kappa shape index (κ3) is 4.72. The first-order valence-corrected chi connectivity index (χ1v) is 13.3. The minimum absolute atomic E-state index is 0.0844. The second-order valence-corrected chi connectivity index (χ2v) is 11.8. The monoisotopic (exact) mass is 554 g/mol. The van der Waals surface area contributed by atoms with Gasteiger partial charge in [-0.2, -0.15) is 0 Å². The maximum Gasteiger partial charge on any atom is 0.307 e. The number of hydrogen-bond donors (Lipinski definition) is 1. The highest BCUT2D eigenvalue weighted by molar-refractivity contribution is 5.78. The number of rotatable bonds is 8. The van der Waals surface area contributed by atoms with Crippen molar-refractivity contribution in [3.8, 4) is 22.6 Å². The van der Waals surface area contributed by atoms with Crippen LogP contribution in [-0.4, -0.2) is 25.3 Å². The fourth-order valence-electron chi connectivity index (χ4n) is 6.27. The average molecular weight is 555 g/mol. The number of hydrogen-bond acceptors (Lipinski definition) is 4. The van der Waals surface area contributed by atoms with Crippen LogP contribution >= 0.6 is 0 Å². The summed E-state index contributed by atoms with van der Waals surface area (Å²) in [4.78, 5) is 11.6. The van der Waals surface area contributed by atoms with Crippen molar-refractivity contribution in [1.82, 2.24) is 0 Å². The molecule has 0 aromatic heterocycles. The first kappa shape index (κ1) is 28.0. The van der Waals surface area contributed by atoms with E-state index in [-0.39, 0.29) is 28.9 Å². The van der Waals surface area contributed by atoms with Crippen LogP contribution in [0.1, 0.15) is 62.0 Å². The summed E-state index contributed by atoms with van der Waals surface area (Å²) in [6, 6.07) is 10.9. The fourth-order valence-corrected chi connectivity index (χ4v) is 6.27. The molecular weight excluding hydrogens is 521 g/mol. The van der Waals surface area contributed by atoms with Crippen LogP contribution < -0.4 is 9.47 Å². The number of methoxy groups -OCH3 is 2. The Morgan fingerprint density at radius 2 is 1.80 bits per heavy atom. The summed E-state index contributed by atoms with van der Waals surface area (Å²) in [6.45, 7) is 5.95. The molecule has 0 amide bonds. The molecule has 40 heavy (non-hydrogen) atoms. The Morgan fingerprint density at radius 3 is 2.42 bits per heavy atom. The van der Waals surface area contributed by atoms with Gasteiger partial charge in [0, 0.05) is 29.7 Å². The lowest BCUT2D eigenvalue weighted by molar-refractivity contribution is -0.139. The van der Waals surface area contributed by atoms with Gasteiger partial charge in [0.25, 0.3) is 0 Å². The van der Waals surface area contributed by atoms with E-state index in [4.69, 9.17) is 14.2 Å². The average Bonchev–Trinajstić information content (AvgIpc) is 3.50. The normalized spacial score (nSPS) is 20.4. The van der Waals surface area contributed by atoms with Crippen LogP contribution in [0.15, 0.2) is 42.5 Å². The van der Waals surface area contributed by atoms with Crippen molar-refractivity contribution in [2.75, 3.05) is 14.2 Å². The molecule has 1 fully saturated rings. The van der Waals surface area contributed by atoms with Gasteiger partial charge in [-0.1, -0.05) is 32.9 Å². The minimum atomic E-state index is -0.995. The third-order valence-electron chi connectivity index (χ3n) is 8.25. The summed E-state index contributed by atoms with van der Waals surface area (Å²) >= 11 is 0. The van der Waals surface area contributed by atoms with Crippen LogP contribution in [0.3, 0.4) is 0 Å². The molecule has 5 rings (SSSR count). The molecule has 0 radical (unpaired) electrons. The number of carboxylic acid groups (broad SMARTS) is 1. The highest BCUT2D eigenvalue weighted by Crippen LogP contribution is 2.63. The number of ether oxygens (including phenoxy) is 3. The molecule has 1 spiro atoms. The summed E-state index contributed by atoms with van der Waals surface area (Å²) in [5.74, 6) is -3.16. The Morgan fingerprint density at radius 1 is 1.05 bits per heavy atom. The van der Waals surface area contributed by atoms with Gasteiger partial charge >= 0.3 is 5.97 Å². The molecular formula is C32H33F3O5. The van der Waals surface area contributed by atoms with Gasteiger partial charge in [0.05, 0.1) is 19.1 Å². The molecule has 8 heteroatoms. The van der Waals surface area contributed by atoms with Crippen molar-refractivity contribution in [2.24, 2.45) is 11.3 Å². The topological polar surface area (TPSA) is 65.0 Å². The number of carboxylic acids is 1. The number of fused-ring (bicyclic) bond motifs is 2. The predicted octanol–water partition coefficient (Wildman–Crippen LogP) is 7.38. The molecule has 2 aliphatic rings. The van der Waals surface area contributed by atoms with Crippen LogP contribution in [0.2, 0.25) is 0 Å². The lowest BCUT2D eigenvalue weighted by atomic mass is 9.81. The fraction of sp³-hybridized carbons (Fsp3) is 0.406. The van der Waals surface area contributed by atoms with Gasteiger partial charge in [-0.3, -0.25) is 4.79 Å². The van der Waals surface area contributed by atoms with Crippen molar-refractivity contribution in [2.45, 2.75) is 58.2 Å². The van der Waals surface area contributed by atoms with Crippen LogP contribution in [0, 0.1) is 28.8 Å². The van der Waals surface area contributed by atoms with Crippen molar-refractivity contribution < 1.29 is 37.3 Å². The van der Waals surface area contributed by atoms with E-state index in [2.05, 4.69) is 0 Å². The molecule has 5 nitrogen and oxygen atoms in total. The number of carbonyl (C=O) groups is 1. The first-order valence-electron chi connectivity index (χ1n) is 13.3. The highest BCUT2D eigenvalue weighted by atomic mass is 19.1. The molecule has 0 bridgehead atoms. The van der Waals surface area contributed by atoms with Gasteiger partial charge in [-0.05, 0) is 71.2 Å². The van der Waals surface area contributed by atoms with Crippen LogP contribution in [0.4, 0.5) is 13.2 Å². The molecule has 0 aliphatic heterocycles. The van der Waals surface area contributed by atoms with Crippen LogP contribution in [0.5, 0.6) is 11.5 Å². The maximum atomic E-state index is 15.7. The van der Waals surface area contributed by atoms with E-state index in [1.54, 1.807) is 31.4 Å². The number of aliphatic carboxylic acids is 1. The summed E-state index contributed by atoms with van der Waals surface area (Å²) in [5, 5.41) is 9.50. The first-order chi connectivity index (χ1) is 18.9. The van der Waals surface area contributed by atoms with E-state index in [0.29, 0.717) is 47.3 Å². The van der Waals surface area contributed by atoms with E-state index in [1.165, 1.54) is 13.2 Å². The molecule has 0 heterocycles. The number of halogens is 3. The summed E-state index contributed by atoms with van der Waals surface area (Å²) in [6.07, 6.45) is 0.586. The maximum absolute atomic E-state index is 15.7. The summed E-state index contributed by atoms with van der Waals surface area (Å²) in [5.41, 5.74) is 1.50. The lowest BCUT2D eigenvalue weighted by Crippen LogP contribution is -2.21. The zero-order chi connectivity index (χ0) is 29.0. The predicted molar refractivity (Wildman–Crippen MR) is 144 cm³/mol. The van der Waals surface area contributed by atoms with E-state index < -0.39 is 40.9 Å². The molecule has 1 saturated carbocycles. The molecule has 1 N–H and O–H groups in total. The van der Waals surface area contributed by atoms with Crippen LogP contribution in [0.25, 0.3) is 11.1 Å². The van der Waals surface area contributed by atoms with Crippen LogP contribution in [-0.2, 0) is 28.0 Å². The lowest BCUT2D eigenvalue weighted by Gasteiger charge is -2.32. The van der Waals surface area contributed by atoms with Crippen molar-refractivity contribution in [3.05, 3.63) is 82.2 Å². The standard InChI is InChI=1S/C32H33F3O5/c1-31(2,3)29(39-5)22-12-17(6-8-19(22)21-13-18(38-4)7-9-24(21)33)16-40-26-14-25(34)20-10-11-32(27(20)28(26)35)15-23(32)30(36)37/h6-9,12-14,23,29H,10-11,15-16H2,1-5H3,(H,36,37)/t23-,29+,32+/m0/s1. The van der Waals surface area contributed by atoms with E-state index in [0.717, 1.165) is 6.07 Å².